The van der Waals surface area contributed by atoms with Crippen molar-refractivity contribution in [3.63, 3.8) is 0 Å². The molecule has 3 aromatic rings. The summed E-state index contributed by atoms with van der Waals surface area (Å²) in [5.41, 5.74) is 8.97. The average molecular weight is 367 g/mol. The number of pyridine rings is 1. The van der Waals surface area contributed by atoms with Gasteiger partial charge in [0.05, 0.1) is 11.3 Å². The summed E-state index contributed by atoms with van der Waals surface area (Å²) in [5.74, 6) is 0.850. The standard InChI is InChI=1S/C18H21N7O2/c1-3-25-15-14(23-18(25)19)8-11(9-20-15)17(27)24-6-4-12-13(5-7-24)21-10(2)22-16(12)26/h8-9H,3-7H2,1-2H3,(H2,19,23)(H,21,22,26). The average Bonchev–Trinajstić information content (AvgIpc) is 2.80. The minimum Gasteiger partial charge on any atom is -0.369 e. The van der Waals surface area contributed by atoms with Crippen LogP contribution in [0.25, 0.3) is 11.2 Å². The molecule has 0 aromatic carbocycles. The number of imidazole rings is 1. The number of nitrogens with two attached hydrogens (primary N) is 1. The van der Waals surface area contributed by atoms with Crippen molar-refractivity contribution in [2.24, 2.45) is 0 Å². The van der Waals surface area contributed by atoms with Crippen molar-refractivity contribution in [2.75, 3.05) is 18.8 Å². The van der Waals surface area contributed by atoms with Gasteiger partial charge >= 0.3 is 0 Å². The van der Waals surface area contributed by atoms with Gasteiger partial charge < -0.3 is 15.6 Å². The maximum atomic E-state index is 13.0. The van der Waals surface area contributed by atoms with Crippen LogP contribution in [0.3, 0.4) is 0 Å². The number of H-pyrrole nitrogens is 1. The fourth-order valence-electron chi connectivity index (χ4n) is 3.58. The van der Waals surface area contributed by atoms with E-state index >= 15 is 0 Å². The minimum absolute atomic E-state index is 0.115. The van der Waals surface area contributed by atoms with Gasteiger partial charge in [0.25, 0.3) is 11.5 Å². The van der Waals surface area contributed by atoms with Crippen molar-refractivity contribution < 1.29 is 4.79 Å². The van der Waals surface area contributed by atoms with Gasteiger partial charge in [0, 0.05) is 37.8 Å². The highest BCUT2D eigenvalue weighted by atomic mass is 16.2. The number of amides is 1. The summed E-state index contributed by atoms with van der Waals surface area (Å²) in [5, 5.41) is 0. The van der Waals surface area contributed by atoms with Crippen molar-refractivity contribution in [2.45, 2.75) is 33.2 Å². The van der Waals surface area contributed by atoms with Crippen LogP contribution in [0.15, 0.2) is 17.1 Å². The molecule has 0 radical (unpaired) electrons. The SMILES string of the molecule is CCn1c(N)nc2cc(C(=O)N3CCc4nc(C)[nH]c(=O)c4CC3)cnc21. The van der Waals surface area contributed by atoms with Gasteiger partial charge in [0.2, 0.25) is 5.95 Å². The lowest BCUT2D eigenvalue weighted by atomic mass is 10.1. The summed E-state index contributed by atoms with van der Waals surface area (Å²) in [6.45, 7) is 5.35. The van der Waals surface area contributed by atoms with E-state index in [4.69, 9.17) is 5.73 Å². The molecule has 0 fully saturated rings. The maximum absolute atomic E-state index is 13.0. The number of aromatic nitrogens is 5. The van der Waals surface area contributed by atoms with Gasteiger partial charge in [-0.25, -0.2) is 15.0 Å². The Morgan fingerprint density at radius 1 is 1.30 bits per heavy atom. The summed E-state index contributed by atoms with van der Waals surface area (Å²) in [7, 11) is 0. The van der Waals surface area contributed by atoms with Gasteiger partial charge in [-0.05, 0) is 26.3 Å². The molecular formula is C18H21N7O2. The fourth-order valence-corrected chi connectivity index (χ4v) is 3.58. The number of hydrogen-bond donors (Lipinski definition) is 2. The molecule has 0 saturated carbocycles. The summed E-state index contributed by atoms with van der Waals surface area (Å²) in [6, 6.07) is 1.72. The first-order chi connectivity index (χ1) is 13.0. The number of nitrogen functional groups attached to an aromatic ring is 1. The molecule has 9 nitrogen and oxygen atoms in total. The van der Waals surface area contributed by atoms with E-state index in [1.165, 1.54) is 0 Å². The molecule has 0 saturated heterocycles. The van der Waals surface area contributed by atoms with Crippen LogP contribution in [0.2, 0.25) is 0 Å². The topological polar surface area (TPSA) is 123 Å². The summed E-state index contributed by atoms with van der Waals surface area (Å²) in [4.78, 5) is 42.7. The van der Waals surface area contributed by atoms with Crippen molar-refractivity contribution in [1.29, 1.82) is 0 Å². The number of hydrogen-bond acceptors (Lipinski definition) is 6. The highest BCUT2D eigenvalue weighted by Crippen LogP contribution is 2.19. The molecule has 0 atom stereocenters. The molecule has 0 bridgehead atoms. The number of fused-ring (bicyclic) bond motifs is 2. The van der Waals surface area contributed by atoms with Crippen LogP contribution in [0.1, 0.15) is 34.4 Å². The number of nitrogens with zero attached hydrogens (tertiary/aromatic N) is 5. The molecule has 3 N–H and O–H groups in total. The number of rotatable bonds is 2. The first-order valence-corrected chi connectivity index (χ1v) is 8.97. The molecule has 4 heterocycles. The third kappa shape index (κ3) is 2.94. The fraction of sp³-hybridized carbons (Fsp3) is 0.389. The van der Waals surface area contributed by atoms with Gasteiger partial charge in [-0.2, -0.15) is 0 Å². The Morgan fingerprint density at radius 3 is 2.85 bits per heavy atom. The van der Waals surface area contributed by atoms with Crippen molar-refractivity contribution in [3.05, 3.63) is 45.3 Å². The zero-order chi connectivity index (χ0) is 19.1. The van der Waals surface area contributed by atoms with Gasteiger partial charge in [0.15, 0.2) is 5.65 Å². The molecule has 140 valence electrons. The van der Waals surface area contributed by atoms with Crippen LogP contribution in [-0.4, -0.2) is 48.4 Å². The number of aryl methyl sites for hydroxylation is 2. The molecule has 1 amide bonds. The van der Waals surface area contributed by atoms with E-state index in [9.17, 15) is 9.59 Å². The van der Waals surface area contributed by atoms with Crippen LogP contribution in [0, 0.1) is 6.92 Å². The molecule has 3 aromatic heterocycles. The second-order valence-electron chi connectivity index (χ2n) is 6.65. The van der Waals surface area contributed by atoms with E-state index in [0.717, 1.165) is 5.69 Å². The zero-order valence-corrected chi connectivity index (χ0v) is 15.3. The zero-order valence-electron chi connectivity index (χ0n) is 15.3. The lowest BCUT2D eigenvalue weighted by Gasteiger charge is -2.19. The van der Waals surface area contributed by atoms with Gasteiger partial charge in [-0.1, -0.05) is 0 Å². The highest BCUT2D eigenvalue weighted by molar-refractivity contribution is 5.96. The lowest BCUT2D eigenvalue weighted by Crippen LogP contribution is -2.33. The summed E-state index contributed by atoms with van der Waals surface area (Å²) in [6.07, 6.45) is 2.60. The van der Waals surface area contributed by atoms with E-state index < -0.39 is 0 Å². The Bertz CT molecular complexity index is 1100. The second-order valence-corrected chi connectivity index (χ2v) is 6.65. The molecule has 0 spiro atoms. The van der Waals surface area contributed by atoms with Crippen LogP contribution >= 0.6 is 0 Å². The summed E-state index contributed by atoms with van der Waals surface area (Å²) >= 11 is 0. The molecule has 9 heteroatoms. The third-order valence-electron chi connectivity index (χ3n) is 4.93. The highest BCUT2D eigenvalue weighted by Gasteiger charge is 2.23. The van der Waals surface area contributed by atoms with E-state index in [1.54, 1.807) is 28.7 Å². The number of carbonyl (C=O) groups excluding carboxylic acids is 1. The lowest BCUT2D eigenvalue weighted by molar-refractivity contribution is 0.0762. The van der Waals surface area contributed by atoms with Crippen molar-refractivity contribution >= 4 is 23.0 Å². The van der Waals surface area contributed by atoms with Gasteiger partial charge in [-0.3, -0.25) is 14.2 Å². The van der Waals surface area contributed by atoms with Crippen molar-refractivity contribution in [3.8, 4) is 0 Å². The Labute approximate surface area is 155 Å². The van der Waals surface area contributed by atoms with E-state index in [1.807, 2.05) is 6.92 Å². The normalized spacial score (nSPS) is 14.2. The summed E-state index contributed by atoms with van der Waals surface area (Å²) < 4.78 is 1.80. The van der Waals surface area contributed by atoms with Crippen LogP contribution in [0.4, 0.5) is 5.95 Å². The van der Waals surface area contributed by atoms with E-state index in [-0.39, 0.29) is 11.5 Å². The number of carbonyl (C=O) groups is 1. The molecule has 4 rings (SSSR count). The smallest absolute Gasteiger partial charge is 0.255 e. The van der Waals surface area contributed by atoms with Gasteiger partial charge in [0.1, 0.15) is 11.3 Å². The molecule has 27 heavy (non-hydrogen) atoms. The predicted molar refractivity (Wildman–Crippen MR) is 101 cm³/mol. The first kappa shape index (κ1) is 17.2. The van der Waals surface area contributed by atoms with Crippen LogP contribution in [-0.2, 0) is 19.4 Å². The minimum atomic E-state index is -0.130. The number of aromatic amines is 1. The number of anilines is 1. The largest absolute Gasteiger partial charge is 0.369 e. The third-order valence-corrected chi connectivity index (χ3v) is 4.93. The second kappa shape index (κ2) is 6.49. The predicted octanol–water partition coefficient (Wildman–Crippen LogP) is 0.666. The molecule has 1 aliphatic heterocycles. The Morgan fingerprint density at radius 2 is 2.07 bits per heavy atom. The van der Waals surface area contributed by atoms with Crippen LogP contribution in [0.5, 0.6) is 0 Å². The van der Waals surface area contributed by atoms with Crippen molar-refractivity contribution in [1.82, 2.24) is 29.4 Å². The molecule has 0 unspecified atom stereocenters. The molecule has 1 aliphatic rings. The van der Waals surface area contributed by atoms with E-state index in [0.29, 0.717) is 66.5 Å². The number of nitrogens with one attached hydrogen (secondary N) is 1. The Hall–Kier alpha value is -3.23. The van der Waals surface area contributed by atoms with Gasteiger partial charge in [-0.15, -0.1) is 0 Å². The van der Waals surface area contributed by atoms with Crippen LogP contribution < -0.4 is 11.3 Å². The first-order valence-electron chi connectivity index (χ1n) is 8.97. The maximum Gasteiger partial charge on any atom is 0.255 e. The Balaban J connectivity index is 1.61. The van der Waals surface area contributed by atoms with E-state index in [2.05, 4.69) is 19.9 Å². The molecule has 0 aliphatic carbocycles. The Kier molecular flexibility index (Phi) is 4.14. The monoisotopic (exact) mass is 367 g/mol. The molecular weight excluding hydrogens is 346 g/mol. The quantitative estimate of drug-likeness (QED) is 0.686.